The van der Waals surface area contributed by atoms with E-state index in [1.54, 1.807) is 0 Å². The van der Waals surface area contributed by atoms with Crippen LogP contribution in [-0.4, -0.2) is 86.1 Å². The third kappa shape index (κ3) is 7.38. The Morgan fingerprint density at radius 1 is 1.10 bits per heavy atom. The summed E-state index contributed by atoms with van der Waals surface area (Å²) in [5.74, 6) is 0.844. The number of anilines is 1. The molecule has 8 heteroatoms. The lowest BCUT2D eigenvalue weighted by Crippen LogP contribution is -2.60. The Kier molecular flexibility index (Phi) is 7.21. The van der Waals surface area contributed by atoms with Crippen LogP contribution in [0.25, 0.3) is 0 Å². The van der Waals surface area contributed by atoms with Gasteiger partial charge in [-0.05, 0) is 45.0 Å². The first-order chi connectivity index (χ1) is 13.8. The molecular formula is C21H34N4O4. The molecule has 1 aromatic rings. The van der Waals surface area contributed by atoms with Crippen molar-refractivity contribution in [3.8, 4) is 5.75 Å². The Balaban J connectivity index is 1.34. The summed E-state index contributed by atoms with van der Waals surface area (Å²) in [4.78, 5) is 16.5. The fourth-order valence-corrected chi connectivity index (χ4v) is 3.71. The van der Waals surface area contributed by atoms with Crippen molar-refractivity contribution < 1.29 is 19.0 Å². The Hall–Kier alpha value is -2.03. The minimum Gasteiger partial charge on any atom is -0.492 e. The first-order valence-corrected chi connectivity index (χ1v) is 10.3. The number of hydrogen-bond donors (Lipinski definition) is 2. The van der Waals surface area contributed by atoms with Gasteiger partial charge in [0, 0.05) is 51.5 Å². The molecule has 2 heterocycles. The number of nitrogens with two attached hydrogens (primary N) is 1. The van der Waals surface area contributed by atoms with Crippen LogP contribution in [0.1, 0.15) is 20.8 Å². The van der Waals surface area contributed by atoms with Crippen molar-refractivity contribution in [3.63, 3.8) is 0 Å². The second-order valence-electron chi connectivity index (χ2n) is 8.75. The van der Waals surface area contributed by atoms with Crippen LogP contribution < -0.4 is 15.8 Å². The molecule has 0 aliphatic carbocycles. The molecule has 2 saturated heterocycles. The summed E-state index contributed by atoms with van der Waals surface area (Å²) in [6, 6.07) is 7.49. The van der Waals surface area contributed by atoms with Crippen molar-refractivity contribution in [2.24, 2.45) is 0 Å². The second kappa shape index (κ2) is 9.65. The van der Waals surface area contributed by atoms with Gasteiger partial charge in [-0.1, -0.05) is 0 Å². The van der Waals surface area contributed by atoms with Crippen molar-refractivity contribution >= 4 is 11.8 Å². The van der Waals surface area contributed by atoms with Gasteiger partial charge in [-0.2, -0.15) is 0 Å². The van der Waals surface area contributed by atoms with Crippen molar-refractivity contribution in [3.05, 3.63) is 24.3 Å². The van der Waals surface area contributed by atoms with Gasteiger partial charge in [-0.15, -0.1) is 0 Å². The van der Waals surface area contributed by atoms with E-state index in [1.807, 2.05) is 45.0 Å². The number of fused-ring (bicyclic) bond motifs is 2. The van der Waals surface area contributed by atoms with Crippen molar-refractivity contribution in [2.75, 3.05) is 58.2 Å². The van der Waals surface area contributed by atoms with Crippen LogP contribution >= 0.6 is 0 Å². The molecule has 2 unspecified atom stereocenters. The average molecular weight is 407 g/mol. The Morgan fingerprint density at radius 2 is 1.69 bits per heavy atom. The molecule has 1 aromatic carbocycles. The summed E-state index contributed by atoms with van der Waals surface area (Å²) < 4.78 is 17.2. The van der Waals surface area contributed by atoms with E-state index >= 15 is 0 Å². The molecule has 2 aliphatic heterocycles. The van der Waals surface area contributed by atoms with Gasteiger partial charge in [0.15, 0.2) is 0 Å². The number of benzene rings is 1. The molecule has 0 radical (unpaired) electrons. The molecular weight excluding hydrogens is 372 g/mol. The smallest absolute Gasteiger partial charge is 0.407 e. The Morgan fingerprint density at radius 3 is 2.28 bits per heavy atom. The highest BCUT2D eigenvalue weighted by Gasteiger charge is 2.34. The first kappa shape index (κ1) is 21.7. The lowest BCUT2D eigenvalue weighted by Gasteiger charge is -2.45. The van der Waals surface area contributed by atoms with Crippen molar-refractivity contribution in [2.45, 2.75) is 38.6 Å². The number of amides is 1. The van der Waals surface area contributed by atoms with E-state index in [2.05, 4.69) is 15.1 Å². The van der Waals surface area contributed by atoms with Gasteiger partial charge in [0.05, 0.1) is 12.2 Å². The van der Waals surface area contributed by atoms with Crippen molar-refractivity contribution in [1.29, 1.82) is 0 Å². The molecule has 2 atom stereocenters. The van der Waals surface area contributed by atoms with E-state index in [9.17, 15) is 4.79 Å². The topological polar surface area (TPSA) is 89.3 Å². The quantitative estimate of drug-likeness (QED) is 0.664. The molecule has 162 valence electrons. The largest absolute Gasteiger partial charge is 0.492 e. The van der Waals surface area contributed by atoms with Crippen LogP contribution in [0.15, 0.2) is 24.3 Å². The van der Waals surface area contributed by atoms with Crippen molar-refractivity contribution in [1.82, 2.24) is 15.1 Å². The number of rotatable bonds is 7. The molecule has 0 aromatic heterocycles. The van der Waals surface area contributed by atoms with Crippen LogP contribution in [-0.2, 0) is 9.47 Å². The zero-order valence-corrected chi connectivity index (χ0v) is 17.7. The normalized spacial score (nSPS) is 22.9. The number of carbonyl (C=O) groups is 1. The third-order valence-electron chi connectivity index (χ3n) is 4.88. The summed E-state index contributed by atoms with van der Waals surface area (Å²) in [6.45, 7) is 12.0. The summed E-state index contributed by atoms with van der Waals surface area (Å²) in [6.07, 6.45) is 0.0272. The molecule has 0 saturated carbocycles. The number of nitrogens with one attached hydrogen (secondary N) is 1. The molecule has 1 amide bonds. The zero-order chi connectivity index (χ0) is 20.9. The highest BCUT2D eigenvalue weighted by atomic mass is 16.6. The zero-order valence-electron chi connectivity index (χ0n) is 17.7. The number of carbonyl (C=O) groups excluding carboxylic acids is 1. The predicted octanol–water partition coefficient (Wildman–Crippen LogP) is 1.56. The third-order valence-corrected chi connectivity index (χ3v) is 4.88. The Bertz CT molecular complexity index is 648. The predicted molar refractivity (Wildman–Crippen MR) is 112 cm³/mol. The highest BCUT2D eigenvalue weighted by Crippen LogP contribution is 2.19. The van der Waals surface area contributed by atoms with Gasteiger partial charge < -0.3 is 25.3 Å². The van der Waals surface area contributed by atoms with E-state index in [0.717, 1.165) is 50.7 Å². The van der Waals surface area contributed by atoms with Gasteiger partial charge in [-0.25, -0.2) is 4.79 Å². The second-order valence-corrected chi connectivity index (χ2v) is 8.75. The first-order valence-electron chi connectivity index (χ1n) is 10.3. The molecule has 8 nitrogen and oxygen atoms in total. The van der Waals surface area contributed by atoms with E-state index in [-0.39, 0.29) is 18.3 Å². The fourth-order valence-electron chi connectivity index (χ4n) is 3.71. The molecule has 3 rings (SSSR count). The minimum atomic E-state index is -0.471. The van der Waals surface area contributed by atoms with Gasteiger partial charge in [0.25, 0.3) is 0 Å². The molecule has 29 heavy (non-hydrogen) atoms. The summed E-state index contributed by atoms with van der Waals surface area (Å²) in [7, 11) is 0. The maximum absolute atomic E-state index is 11.8. The van der Waals surface area contributed by atoms with Crippen LogP contribution in [0.5, 0.6) is 5.75 Å². The maximum Gasteiger partial charge on any atom is 0.407 e. The van der Waals surface area contributed by atoms with Crippen LogP contribution in [0.3, 0.4) is 0 Å². The number of alkyl carbamates (subject to hydrolysis) is 1. The van der Waals surface area contributed by atoms with E-state index in [0.29, 0.717) is 13.2 Å². The lowest BCUT2D eigenvalue weighted by atomic mass is 10.1. The molecule has 2 aliphatic rings. The SMILES string of the molecule is CC(C)(C)OC(=O)NCCN1CC2CN(CCOc3ccc(N)cc3)CC(C1)O2. The maximum atomic E-state index is 11.8. The summed E-state index contributed by atoms with van der Waals surface area (Å²) in [5.41, 5.74) is 5.97. The van der Waals surface area contributed by atoms with E-state index in [4.69, 9.17) is 19.9 Å². The molecule has 2 fully saturated rings. The Labute approximate surface area is 173 Å². The number of morpholine rings is 2. The lowest BCUT2D eigenvalue weighted by molar-refractivity contribution is -0.138. The summed E-state index contributed by atoms with van der Waals surface area (Å²) >= 11 is 0. The van der Waals surface area contributed by atoms with Gasteiger partial charge in [0.2, 0.25) is 0 Å². The molecule has 0 spiro atoms. The number of ether oxygens (including phenoxy) is 3. The van der Waals surface area contributed by atoms with Gasteiger partial charge in [0.1, 0.15) is 18.0 Å². The van der Waals surface area contributed by atoms with Gasteiger partial charge in [-0.3, -0.25) is 9.80 Å². The average Bonchev–Trinajstić information content (AvgIpc) is 2.61. The van der Waals surface area contributed by atoms with E-state index < -0.39 is 5.60 Å². The van der Waals surface area contributed by atoms with E-state index in [1.165, 1.54) is 0 Å². The van der Waals surface area contributed by atoms with Gasteiger partial charge >= 0.3 is 6.09 Å². The summed E-state index contributed by atoms with van der Waals surface area (Å²) in [5, 5.41) is 2.83. The number of nitrogen functional groups attached to an aromatic ring is 1. The number of hydrogen-bond acceptors (Lipinski definition) is 7. The van der Waals surface area contributed by atoms with Crippen LogP contribution in [0.4, 0.5) is 10.5 Å². The fraction of sp³-hybridized carbons (Fsp3) is 0.667. The molecule has 2 bridgehead atoms. The standard InChI is InChI=1S/C21H34N4O4/c1-21(2,3)29-20(26)23-8-9-24-12-18-14-25(15-19(13-24)28-18)10-11-27-17-6-4-16(22)5-7-17/h4-7,18-19H,8-15,22H2,1-3H3,(H,23,26). The number of nitrogens with zero attached hydrogens (tertiary/aromatic N) is 2. The highest BCUT2D eigenvalue weighted by molar-refractivity contribution is 5.67. The molecule has 3 N–H and O–H groups in total. The monoisotopic (exact) mass is 406 g/mol. The van der Waals surface area contributed by atoms with Crippen LogP contribution in [0, 0.1) is 0 Å². The van der Waals surface area contributed by atoms with Crippen LogP contribution in [0.2, 0.25) is 0 Å². The minimum absolute atomic E-state index is 0.195.